The Kier molecular flexibility index (Phi) is 3.36. The molecule has 1 fully saturated rings. The van der Waals surface area contributed by atoms with Crippen molar-refractivity contribution in [3.63, 3.8) is 0 Å². The van der Waals surface area contributed by atoms with Crippen molar-refractivity contribution in [1.29, 1.82) is 0 Å². The zero-order valence-corrected chi connectivity index (χ0v) is 11.1. The van der Waals surface area contributed by atoms with Gasteiger partial charge >= 0.3 is 0 Å². The van der Waals surface area contributed by atoms with Crippen LogP contribution in [0, 0.1) is 5.92 Å². The van der Waals surface area contributed by atoms with E-state index < -0.39 is 0 Å². The number of likely N-dealkylation sites (tertiary alicyclic amines) is 1. The maximum atomic E-state index is 4.23. The molecule has 3 rings (SSSR count). The lowest BCUT2D eigenvalue weighted by Gasteiger charge is -2.24. The molecule has 0 spiro atoms. The molecule has 92 valence electrons. The van der Waals surface area contributed by atoms with E-state index in [1.165, 1.54) is 11.3 Å². The summed E-state index contributed by atoms with van der Waals surface area (Å²) in [6.45, 7) is 5.01. The Labute approximate surface area is 104 Å². The van der Waals surface area contributed by atoms with Crippen molar-refractivity contribution >= 4 is 6.21 Å². The highest BCUT2D eigenvalue weighted by Gasteiger charge is 2.38. The van der Waals surface area contributed by atoms with Crippen LogP contribution in [0.2, 0.25) is 0 Å². The van der Waals surface area contributed by atoms with E-state index >= 15 is 0 Å². The fourth-order valence-electron chi connectivity index (χ4n) is 2.56. The Morgan fingerprint density at radius 3 is 2.82 bits per heavy atom. The topological polar surface area (TPSA) is 18.8 Å². The standard InChI is InChI=1S/C12H15N3.C2H6/c1-14-6-4-10-9-3-5-13-7-11(9)15(2)12(10)8-14;1-2/h3-5,7-9,11H,6H2,1-2H3;1-2H3. The van der Waals surface area contributed by atoms with Crippen LogP contribution in [0.25, 0.3) is 0 Å². The molecule has 17 heavy (non-hydrogen) atoms. The minimum atomic E-state index is 0.416. The van der Waals surface area contributed by atoms with Crippen LogP contribution in [-0.4, -0.2) is 42.7 Å². The Morgan fingerprint density at radius 1 is 1.29 bits per heavy atom. The number of nitrogens with zero attached hydrogens (tertiary/aromatic N) is 3. The SMILES string of the molecule is CC.CN1C=C2C(=CC1)C1C=CN=CC1N2C. The van der Waals surface area contributed by atoms with Crippen LogP contribution in [-0.2, 0) is 0 Å². The van der Waals surface area contributed by atoms with E-state index in [0.717, 1.165) is 6.54 Å². The van der Waals surface area contributed by atoms with Gasteiger partial charge in [0.1, 0.15) is 0 Å². The maximum absolute atomic E-state index is 4.23. The van der Waals surface area contributed by atoms with Gasteiger partial charge in [-0.3, -0.25) is 4.99 Å². The number of hydrogen-bond donors (Lipinski definition) is 0. The summed E-state index contributed by atoms with van der Waals surface area (Å²) in [6.07, 6.45) is 10.7. The lowest BCUT2D eigenvalue weighted by atomic mass is 9.93. The number of likely N-dealkylation sites (N-methyl/N-ethyl adjacent to an activating group) is 2. The van der Waals surface area contributed by atoms with Gasteiger partial charge in [-0.1, -0.05) is 26.0 Å². The average Bonchev–Trinajstić information content (AvgIpc) is 2.66. The molecule has 0 saturated carbocycles. The second kappa shape index (κ2) is 4.78. The summed E-state index contributed by atoms with van der Waals surface area (Å²) in [5.74, 6) is 0.507. The summed E-state index contributed by atoms with van der Waals surface area (Å²) in [5.41, 5.74) is 2.81. The van der Waals surface area contributed by atoms with Crippen LogP contribution in [0.3, 0.4) is 0 Å². The first kappa shape index (κ1) is 12.0. The van der Waals surface area contributed by atoms with E-state index in [1.807, 2.05) is 26.3 Å². The first-order valence-electron chi connectivity index (χ1n) is 6.32. The zero-order valence-electron chi connectivity index (χ0n) is 11.1. The van der Waals surface area contributed by atoms with Gasteiger partial charge in [-0.25, -0.2) is 0 Å². The van der Waals surface area contributed by atoms with Gasteiger partial charge in [0, 0.05) is 45.2 Å². The van der Waals surface area contributed by atoms with E-state index in [-0.39, 0.29) is 0 Å². The van der Waals surface area contributed by atoms with Gasteiger partial charge in [0.15, 0.2) is 0 Å². The average molecular weight is 231 g/mol. The van der Waals surface area contributed by atoms with E-state index in [2.05, 4.69) is 47.2 Å². The number of hydrogen-bond acceptors (Lipinski definition) is 3. The van der Waals surface area contributed by atoms with Gasteiger partial charge in [-0.2, -0.15) is 0 Å². The third-order valence-corrected chi connectivity index (χ3v) is 3.41. The van der Waals surface area contributed by atoms with Crippen LogP contribution in [0.5, 0.6) is 0 Å². The molecule has 3 nitrogen and oxygen atoms in total. The van der Waals surface area contributed by atoms with Crippen molar-refractivity contribution in [3.8, 4) is 0 Å². The molecule has 3 heterocycles. The summed E-state index contributed by atoms with van der Waals surface area (Å²) in [7, 11) is 4.26. The molecule has 0 aliphatic carbocycles. The summed E-state index contributed by atoms with van der Waals surface area (Å²) >= 11 is 0. The third kappa shape index (κ3) is 1.90. The minimum absolute atomic E-state index is 0.416. The fourth-order valence-corrected chi connectivity index (χ4v) is 2.56. The highest BCUT2D eigenvalue weighted by molar-refractivity contribution is 5.72. The lowest BCUT2D eigenvalue weighted by Crippen LogP contribution is -2.30. The number of allylic oxidation sites excluding steroid dienone is 1. The highest BCUT2D eigenvalue weighted by Crippen LogP contribution is 2.39. The minimum Gasteiger partial charge on any atom is -0.375 e. The molecule has 3 heteroatoms. The first-order valence-corrected chi connectivity index (χ1v) is 6.32. The smallest absolute Gasteiger partial charge is 0.0746 e. The molecule has 2 atom stereocenters. The number of aliphatic imine (C=N–C) groups is 1. The quantitative estimate of drug-likeness (QED) is 0.637. The normalized spacial score (nSPS) is 28.9. The second-order valence-corrected chi connectivity index (χ2v) is 4.38. The van der Waals surface area contributed by atoms with E-state index in [9.17, 15) is 0 Å². The predicted molar refractivity (Wildman–Crippen MR) is 72.8 cm³/mol. The Hall–Kier alpha value is -1.51. The molecule has 0 bridgehead atoms. The molecule has 2 unspecified atom stereocenters. The fraction of sp³-hybridized carbons (Fsp3) is 0.500. The Morgan fingerprint density at radius 2 is 2.06 bits per heavy atom. The molecule has 0 amide bonds. The van der Waals surface area contributed by atoms with Crippen molar-refractivity contribution in [2.75, 3.05) is 20.6 Å². The van der Waals surface area contributed by atoms with Gasteiger partial charge in [0.2, 0.25) is 0 Å². The molecule has 0 N–H and O–H groups in total. The van der Waals surface area contributed by atoms with E-state index in [0.29, 0.717) is 12.0 Å². The predicted octanol–water partition coefficient (Wildman–Crippen LogP) is 2.25. The largest absolute Gasteiger partial charge is 0.375 e. The summed E-state index contributed by atoms with van der Waals surface area (Å²) < 4.78 is 0. The molecular weight excluding hydrogens is 210 g/mol. The molecule has 3 aliphatic rings. The van der Waals surface area contributed by atoms with Crippen molar-refractivity contribution in [2.45, 2.75) is 19.9 Å². The van der Waals surface area contributed by atoms with Crippen LogP contribution in [0.4, 0.5) is 0 Å². The van der Waals surface area contributed by atoms with Gasteiger partial charge in [-0.05, 0) is 5.57 Å². The van der Waals surface area contributed by atoms with Crippen molar-refractivity contribution in [2.24, 2.45) is 10.9 Å². The summed E-state index contributed by atoms with van der Waals surface area (Å²) in [4.78, 5) is 8.77. The van der Waals surface area contributed by atoms with Gasteiger partial charge in [0.05, 0.1) is 11.7 Å². The Bertz CT molecular complexity index is 404. The third-order valence-electron chi connectivity index (χ3n) is 3.41. The Balaban J connectivity index is 0.000000514. The lowest BCUT2D eigenvalue weighted by molar-refractivity contribution is 0.390. The van der Waals surface area contributed by atoms with E-state index in [4.69, 9.17) is 0 Å². The molecule has 1 saturated heterocycles. The molecule has 3 aliphatic heterocycles. The van der Waals surface area contributed by atoms with Crippen LogP contribution in [0.15, 0.2) is 40.8 Å². The van der Waals surface area contributed by atoms with Crippen molar-refractivity contribution in [3.05, 3.63) is 35.8 Å². The monoisotopic (exact) mass is 231 g/mol. The zero-order chi connectivity index (χ0) is 12.4. The summed E-state index contributed by atoms with van der Waals surface area (Å²) in [5, 5.41) is 0. The second-order valence-electron chi connectivity index (χ2n) is 4.38. The highest BCUT2D eigenvalue weighted by atomic mass is 15.2. The van der Waals surface area contributed by atoms with Gasteiger partial charge in [0.25, 0.3) is 0 Å². The molecule has 0 aromatic heterocycles. The van der Waals surface area contributed by atoms with Crippen molar-refractivity contribution in [1.82, 2.24) is 9.80 Å². The first-order chi connectivity index (χ1) is 8.27. The number of rotatable bonds is 0. The van der Waals surface area contributed by atoms with E-state index in [1.54, 1.807) is 0 Å². The van der Waals surface area contributed by atoms with Crippen molar-refractivity contribution < 1.29 is 0 Å². The maximum Gasteiger partial charge on any atom is 0.0746 e. The van der Waals surface area contributed by atoms with Gasteiger partial charge in [-0.15, -0.1) is 0 Å². The van der Waals surface area contributed by atoms with Crippen LogP contribution in [0.1, 0.15) is 13.8 Å². The molecular formula is C14H21N3. The van der Waals surface area contributed by atoms with Gasteiger partial charge < -0.3 is 9.80 Å². The molecule has 0 aromatic carbocycles. The summed E-state index contributed by atoms with van der Waals surface area (Å²) in [6, 6.07) is 0.416. The molecule has 0 radical (unpaired) electrons. The van der Waals surface area contributed by atoms with Crippen LogP contribution >= 0.6 is 0 Å². The number of fused-ring (bicyclic) bond motifs is 3. The molecule has 0 aromatic rings. The van der Waals surface area contributed by atoms with Crippen LogP contribution < -0.4 is 0 Å².